The normalized spacial score (nSPS) is 24.1. The van der Waals surface area contributed by atoms with Gasteiger partial charge >= 0.3 is 0 Å². The van der Waals surface area contributed by atoms with Crippen molar-refractivity contribution in [1.82, 2.24) is 4.98 Å². The van der Waals surface area contributed by atoms with Gasteiger partial charge in [-0.05, 0) is 55.3 Å². The first-order valence-electron chi connectivity index (χ1n) is 13.5. The molecule has 3 aliphatic heterocycles. The van der Waals surface area contributed by atoms with Gasteiger partial charge in [0.15, 0.2) is 11.6 Å². The van der Waals surface area contributed by atoms with E-state index < -0.39 is 23.4 Å². The van der Waals surface area contributed by atoms with Crippen molar-refractivity contribution in [2.24, 2.45) is 5.92 Å². The average molecular weight is 526 g/mol. The van der Waals surface area contributed by atoms with E-state index in [1.807, 2.05) is 73.3 Å². The van der Waals surface area contributed by atoms with E-state index in [0.29, 0.717) is 11.3 Å². The van der Waals surface area contributed by atoms with Gasteiger partial charge in [0.05, 0.1) is 12.0 Å². The Kier molecular flexibility index (Phi) is 5.36. The number of para-hydroxylation sites is 1. The highest BCUT2D eigenvalue weighted by atomic mass is 16.2. The number of nitrogens with zero attached hydrogens (tertiary/aromatic N) is 2. The molecule has 4 atom stereocenters. The monoisotopic (exact) mass is 525 g/mol. The Morgan fingerprint density at radius 2 is 1.62 bits per heavy atom. The summed E-state index contributed by atoms with van der Waals surface area (Å²) in [7, 11) is 0. The molecule has 0 saturated carbocycles. The third kappa shape index (κ3) is 3.22. The van der Waals surface area contributed by atoms with Crippen LogP contribution in [0.1, 0.15) is 44.5 Å². The lowest BCUT2D eigenvalue weighted by Gasteiger charge is -2.39. The van der Waals surface area contributed by atoms with Crippen LogP contribution in [0.15, 0.2) is 103 Å². The number of aryl methyl sites for hydroxylation is 1. The predicted octanol–water partition coefficient (Wildman–Crippen LogP) is 5.64. The van der Waals surface area contributed by atoms with Crippen LogP contribution in [0.3, 0.4) is 0 Å². The van der Waals surface area contributed by atoms with Crippen LogP contribution in [0.25, 0.3) is 5.57 Å². The summed E-state index contributed by atoms with van der Waals surface area (Å²) in [6, 6.07) is 26.4. The number of rotatable bonds is 4. The van der Waals surface area contributed by atoms with Crippen LogP contribution < -0.4 is 10.2 Å². The molecule has 4 unspecified atom stereocenters. The van der Waals surface area contributed by atoms with E-state index in [4.69, 9.17) is 0 Å². The number of amides is 1. The molecule has 0 radical (unpaired) electrons. The molecule has 196 valence electrons. The van der Waals surface area contributed by atoms with Crippen molar-refractivity contribution >= 4 is 34.4 Å². The van der Waals surface area contributed by atoms with Crippen LogP contribution in [0.5, 0.6) is 0 Å². The van der Waals surface area contributed by atoms with Crippen LogP contribution in [-0.4, -0.2) is 34.5 Å². The zero-order valence-corrected chi connectivity index (χ0v) is 22.2. The van der Waals surface area contributed by atoms with E-state index in [0.717, 1.165) is 28.0 Å². The predicted molar refractivity (Wildman–Crippen MR) is 154 cm³/mol. The third-order valence-corrected chi connectivity index (χ3v) is 8.66. The van der Waals surface area contributed by atoms with E-state index in [2.05, 4.69) is 22.4 Å². The second-order valence-electron chi connectivity index (χ2n) is 10.8. The van der Waals surface area contributed by atoms with Gasteiger partial charge in [-0.15, -0.1) is 0 Å². The molecular weight excluding hydrogens is 498 g/mol. The number of pyridine rings is 1. The molecule has 1 spiro atoms. The lowest BCUT2D eigenvalue weighted by atomic mass is 9.64. The van der Waals surface area contributed by atoms with Crippen molar-refractivity contribution in [2.45, 2.75) is 31.3 Å². The molecule has 1 saturated heterocycles. The fraction of sp³-hybridized carbons (Fsp3) is 0.176. The number of allylic oxidation sites excluding steroid dienone is 1. The summed E-state index contributed by atoms with van der Waals surface area (Å²) in [5.41, 5.74) is 4.72. The fourth-order valence-electron chi connectivity index (χ4n) is 6.99. The highest BCUT2D eigenvalue weighted by molar-refractivity contribution is 6.18. The first kappa shape index (κ1) is 24.2. The smallest absolute Gasteiger partial charge is 0.238 e. The Balaban J connectivity index is 1.57. The molecule has 0 aliphatic carbocycles. The molecule has 7 rings (SSSR count). The second kappa shape index (κ2) is 8.85. The molecule has 6 heteroatoms. The van der Waals surface area contributed by atoms with Gasteiger partial charge in [-0.1, -0.05) is 72.3 Å². The topological polar surface area (TPSA) is 79.4 Å². The standard InChI is InChI=1S/C34H27N3O3/c1-20-15-16-27-23(18-20)21(2)19-28-34(24-12-6-7-13-25(24)36-33(34)40)29(32(39)26-14-8-9-17-35-26)30(37(27)28)31(38)22-10-4-3-5-11-22/h3-19,28-30H,1-2H3,(H,36,40). The number of ketones is 2. The highest BCUT2D eigenvalue weighted by Crippen LogP contribution is 2.58. The van der Waals surface area contributed by atoms with Gasteiger partial charge in [0, 0.05) is 28.7 Å². The number of benzene rings is 3. The maximum Gasteiger partial charge on any atom is 0.238 e. The Hall–Kier alpha value is -4.84. The molecule has 1 N–H and O–H groups in total. The molecular formula is C34H27N3O3. The molecule has 4 aromatic rings. The van der Waals surface area contributed by atoms with Crippen LogP contribution in [0.4, 0.5) is 11.4 Å². The Bertz CT molecular complexity index is 1730. The summed E-state index contributed by atoms with van der Waals surface area (Å²) in [5, 5.41) is 3.07. The van der Waals surface area contributed by atoms with Crippen LogP contribution in [0, 0.1) is 12.8 Å². The van der Waals surface area contributed by atoms with Crippen molar-refractivity contribution < 1.29 is 14.4 Å². The number of fused-ring (bicyclic) bond motifs is 6. The van der Waals surface area contributed by atoms with Crippen molar-refractivity contribution in [3.8, 4) is 0 Å². The highest BCUT2D eigenvalue weighted by Gasteiger charge is 2.70. The lowest BCUT2D eigenvalue weighted by Crippen LogP contribution is -2.51. The Morgan fingerprint density at radius 1 is 0.875 bits per heavy atom. The van der Waals surface area contributed by atoms with E-state index >= 15 is 0 Å². The summed E-state index contributed by atoms with van der Waals surface area (Å²) in [6.45, 7) is 4.07. The van der Waals surface area contributed by atoms with Gasteiger partial charge in [0.25, 0.3) is 0 Å². The van der Waals surface area contributed by atoms with E-state index in [1.54, 1.807) is 36.5 Å². The zero-order valence-electron chi connectivity index (χ0n) is 22.2. The Morgan fingerprint density at radius 3 is 2.40 bits per heavy atom. The van der Waals surface area contributed by atoms with Gasteiger partial charge in [0.2, 0.25) is 5.91 Å². The molecule has 1 aromatic heterocycles. The van der Waals surface area contributed by atoms with Gasteiger partial charge in [-0.3, -0.25) is 19.4 Å². The van der Waals surface area contributed by atoms with E-state index in [-0.39, 0.29) is 23.2 Å². The summed E-state index contributed by atoms with van der Waals surface area (Å²) < 4.78 is 0. The number of nitrogens with one attached hydrogen (secondary N) is 1. The number of aromatic nitrogens is 1. The number of anilines is 2. The quantitative estimate of drug-likeness (QED) is 0.349. The number of hydrogen-bond acceptors (Lipinski definition) is 5. The van der Waals surface area contributed by atoms with Gasteiger partial charge in [0.1, 0.15) is 17.2 Å². The molecule has 1 amide bonds. The number of hydrogen-bond donors (Lipinski definition) is 1. The van der Waals surface area contributed by atoms with E-state index in [1.165, 1.54) is 0 Å². The summed E-state index contributed by atoms with van der Waals surface area (Å²) in [4.78, 5) is 50.1. The van der Waals surface area contributed by atoms with E-state index in [9.17, 15) is 14.4 Å². The molecule has 6 nitrogen and oxygen atoms in total. The number of carbonyl (C=O) groups is 3. The van der Waals surface area contributed by atoms with Gasteiger partial charge < -0.3 is 10.2 Å². The summed E-state index contributed by atoms with van der Waals surface area (Å²) in [5.74, 6) is -1.83. The van der Waals surface area contributed by atoms with Crippen molar-refractivity contribution in [3.63, 3.8) is 0 Å². The minimum atomic E-state index is -1.34. The van der Waals surface area contributed by atoms with Gasteiger partial charge in [-0.25, -0.2) is 0 Å². The SMILES string of the molecule is CC1=CC2N(c3ccc(C)cc31)C(C(=O)c1ccccc1)C(C(=O)c1ccccn1)C21C(=O)Nc2ccccc21. The second-order valence-corrected chi connectivity index (χ2v) is 10.8. The first-order chi connectivity index (χ1) is 19.4. The fourth-order valence-corrected chi connectivity index (χ4v) is 6.99. The third-order valence-electron chi connectivity index (χ3n) is 8.66. The molecule has 0 bridgehead atoms. The summed E-state index contributed by atoms with van der Waals surface area (Å²) >= 11 is 0. The van der Waals surface area contributed by atoms with Crippen molar-refractivity contribution in [2.75, 3.05) is 10.2 Å². The molecule has 1 fully saturated rings. The molecule has 3 aliphatic rings. The van der Waals surface area contributed by atoms with Crippen molar-refractivity contribution in [3.05, 3.63) is 131 Å². The largest absolute Gasteiger partial charge is 0.352 e. The molecule has 3 aromatic carbocycles. The van der Waals surface area contributed by atoms with Gasteiger partial charge in [-0.2, -0.15) is 0 Å². The van der Waals surface area contributed by atoms with Crippen molar-refractivity contribution in [1.29, 1.82) is 0 Å². The Labute approximate surface area is 232 Å². The first-order valence-corrected chi connectivity index (χ1v) is 13.5. The van der Waals surface area contributed by atoms with Crippen LogP contribution in [0.2, 0.25) is 0 Å². The number of carbonyl (C=O) groups excluding carboxylic acids is 3. The molecule has 40 heavy (non-hydrogen) atoms. The van der Waals surface area contributed by atoms with Crippen LogP contribution in [-0.2, 0) is 10.2 Å². The minimum Gasteiger partial charge on any atom is -0.352 e. The minimum absolute atomic E-state index is 0.201. The maximum absolute atomic E-state index is 14.7. The number of Topliss-reactive ketones (excluding diaryl/α,β-unsaturated/α-hetero) is 2. The maximum atomic E-state index is 14.7. The van der Waals surface area contributed by atoms with Crippen LogP contribution >= 0.6 is 0 Å². The average Bonchev–Trinajstić information content (AvgIpc) is 3.45. The zero-order chi connectivity index (χ0) is 27.6. The lowest BCUT2D eigenvalue weighted by molar-refractivity contribution is -0.121. The molecule has 4 heterocycles. The summed E-state index contributed by atoms with van der Waals surface area (Å²) in [6.07, 6.45) is 3.64.